The van der Waals surface area contributed by atoms with E-state index in [9.17, 15) is 13.2 Å². The number of carbonyl (C=O) groups is 1. The molecule has 1 unspecified atom stereocenters. The number of nitrogens with one attached hydrogen (secondary N) is 2. The number of ether oxygens (including phenoxy) is 2. The molecule has 2 aromatic carbocycles. The molecular weight excluding hydrogens is 368 g/mol. The Kier molecular flexibility index (Phi) is 6.68. The van der Waals surface area contributed by atoms with E-state index in [2.05, 4.69) is 10.0 Å². The summed E-state index contributed by atoms with van der Waals surface area (Å²) in [6.45, 7) is 4.14. The van der Waals surface area contributed by atoms with Crippen molar-refractivity contribution in [2.45, 2.75) is 19.9 Å². The molecule has 0 aliphatic rings. The van der Waals surface area contributed by atoms with Crippen molar-refractivity contribution in [2.24, 2.45) is 0 Å². The summed E-state index contributed by atoms with van der Waals surface area (Å²) in [5.74, 6) is 0.724. The van der Waals surface area contributed by atoms with Crippen LogP contribution in [0.1, 0.15) is 35.8 Å². The number of rotatable bonds is 8. The highest BCUT2D eigenvalue weighted by Crippen LogP contribution is 2.29. The van der Waals surface area contributed by atoms with Crippen LogP contribution in [0, 0.1) is 0 Å². The molecule has 1 amide bonds. The number of hydrogen-bond donors (Lipinski definition) is 2. The Morgan fingerprint density at radius 1 is 1.15 bits per heavy atom. The third-order valence-corrected chi connectivity index (χ3v) is 4.39. The molecule has 0 saturated carbocycles. The van der Waals surface area contributed by atoms with Gasteiger partial charge in [0.1, 0.15) is 0 Å². The van der Waals surface area contributed by atoms with Crippen molar-refractivity contribution in [1.29, 1.82) is 0 Å². The van der Waals surface area contributed by atoms with Crippen LogP contribution in [0.3, 0.4) is 0 Å². The fourth-order valence-corrected chi connectivity index (χ4v) is 3.19. The van der Waals surface area contributed by atoms with Gasteiger partial charge >= 0.3 is 0 Å². The van der Waals surface area contributed by atoms with Crippen LogP contribution in [-0.4, -0.2) is 34.3 Å². The summed E-state index contributed by atoms with van der Waals surface area (Å²) < 4.78 is 36.3. The lowest BCUT2D eigenvalue weighted by Gasteiger charge is -2.19. The Balaban J connectivity index is 2.21. The minimum Gasteiger partial charge on any atom is -0.493 e. The third-order valence-electron chi connectivity index (χ3n) is 3.80. The summed E-state index contributed by atoms with van der Waals surface area (Å²) in [5, 5.41) is 2.87. The van der Waals surface area contributed by atoms with Crippen molar-refractivity contribution in [3.05, 3.63) is 53.6 Å². The maximum atomic E-state index is 12.6. The van der Waals surface area contributed by atoms with Crippen LogP contribution in [0.2, 0.25) is 0 Å². The molecule has 0 spiro atoms. The van der Waals surface area contributed by atoms with Crippen molar-refractivity contribution in [3.8, 4) is 11.5 Å². The molecule has 0 saturated heterocycles. The lowest BCUT2D eigenvalue weighted by Crippen LogP contribution is -2.27. The zero-order chi connectivity index (χ0) is 20.0. The molecule has 0 radical (unpaired) electrons. The number of hydrogen-bond acceptors (Lipinski definition) is 5. The highest BCUT2D eigenvalue weighted by molar-refractivity contribution is 7.92. The van der Waals surface area contributed by atoms with Gasteiger partial charge in [0, 0.05) is 5.56 Å². The van der Waals surface area contributed by atoms with E-state index in [1.807, 2.05) is 6.92 Å². The van der Waals surface area contributed by atoms with E-state index in [0.717, 1.165) is 6.26 Å². The molecule has 0 aliphatic carbocycles. The van der Waals surface area contributed by atoms with Crippen LogP contribution in [0.15, 0.2) is 42.5 Å². The number of anilines is 1. The second-order valence-corrected chi connectivity index (χ2v) is 7.70. The highest BCUT2D eigenvalue weighted by atomic mass is 32.2. The van der Waals surface area contributed by atoms with Crippen molar-refractivity contribution < 1.29 is 22.7 Å². The summed E-state index contributed by atoms with van der Waals surface area (Å²) in [5.41, 5.74) is 1.50. The average molecular weight is 392 g/mol. The van der Waals surface area contributed by atoms with E-state index in [-0.39, 0.29) is 5.91 Å². The lowest BCUT2D eigenvalue weighted by molar-refractivity contribution is 0.0939. The minimum absolute atomic E-state index is 0.307. The predicted octanol–water partition coefficient (Wildman–Crippen LogP) is 2.96. The molecule has 7 nitrogen and oxygen atoms in total. The van der Waals surface area contributed by atoms with Crippen LogP contribution < -0.4 is 19.5 Å². The van der Waals surface area contributed by atoms with Crippen LogP contribution in [-0.2, 0) is 10.0 Å². The molecule has 8 heteroatoms. The molecule has 146 valence electrons. The van der Waals surface area contributed by atoms with E-state index < -0.39 is 16.1 Å². The van der Waals surface area contributed by atoms with Gasteiger partial charge in [0.15, 0.2) is 11.5 Å². The zero-order valence-electron chi connectivity index (χ0n) is 15.8. The summed E-state index contributed by atoms with van der Waals surface area (Å²) in [6, 6.07) is 11.4. The summed E-state index contributed by atoms with van der Waals surface area (Å²) in [7, 11) is -1.92. The van der Waals surface area contributed by atoms with Gasteiger partial charge in [-0.05, 0) is 43.7 Å². The number of para-hydroxylation sites is 1. The Hall–Kier alpha value is -2.74. The number of methoxy groups -OCH3 is 1. The first-order valence-corrected chi connectivity index (χ1v) is 10.3. The van der Waals surface area contributed by atoms with E-state index in [4.69, 9.17) is 9.47 Å². The number of sulfonamides is 1. The van der Waals surface area contributed by atoms with Gasteiger partial charge in [-0.15, -0.1) is 0 Å². The maximum Gasteiger partial charge on any atom is 0.251 e. The van der Waals surface area contributed by atoms with E-state index in [0.29, 0.717) is 34.9 Å². The van der Waals surface area contributed by atoms with Gasteiger partial charge in [0.05, 0.1) is 31.7 Å². The van der Waals surface area contributed by atoms with Crippen LogP contribution >= 0.6 is 0 Å². The first kappa shape index (κ1) is 20.6. The lowest BCUT2D eigenvalue weighted by atomic mass is 10.1. The summed E-state index contributed by atoms with van der Waals surface area (Å²) in [4.78, 5) is 12.6. The molecule has 0 fully saturated rings. The fourth-order valence-electron chi connectivity index (χ4n) is 2.61. The van der Waals surface area contributed by atoms with Crippen molar-refractivity contribution in [1.82, 2.24) is 5.32 Å². The van der Waals surface area contributed by atoms with E-state index >= 15 is 0 Å². The quantitative estimate of drug-likeness (QED) is 0.720. The number of carbonyl (C=O) groups excluding carboxylic acids is 1. The van der Waals surface area contributed by atoms with Gasteiger partial charge in [0.2, 0.25) is 10.0 Å². The third kappa shape index (κ3) is 5.62. The standard InChI is InChI=1S/C19H24N2O5S/c1-5-26-17-11-10-14(12-18(17)25-3)19(22)20-13(2)15-8-6-7-9-16(15)21-27(4,23)24/h6-13,21H,5H2,1-4H3,(H,20,22). The molecule has 2 rings (SSSR count). The van der Waals surface area contributed by atoms with E-state index in [1.165, 1.54) is 7.11 Å². The molecule has 0 bridgehead atoms. The molecule has 0 heterocycles. The smallest absolute Gasteiger partial charge is 0.251 e. The maximum absolute atomic E-state index is 12.6. The predicted molar refractivity (Wildman–Crippen MR) is 105 cm³/mol. The number of benzene rings is 2. The fraction of sp³-hybridized carbons (Fsp3) is 0.316. The molecule has 2 aromatic rings. The monoisotopic (exact) mass is 392 g/mol. The normalized spacial score (nSPS) is 12.1. The molecule has 1 atom stereocenters. The molecule has 2 N–H and O–H groups in total. The van der Waals surface area contributed by atoms with Crippen LogP contribution in [0.25, 0.3) is 0 Å². The van der Waals surface area contributed by atoms with Gasteiger partial charge in [0.25, 0.3) is 5.91 Å². The van der Waals surface area contributed by atoms with Crippen molar-refractivity contribution in [2.75, 3.05) is 24.7 Å². The van der Waals surface area contributed by atoms with E-state index in [1.54, 1.807) is 49.4 Å². The Bertz CT molecular complexity index is 912. The molecule has 0 aromatic heterocycles. The minimum atomic E-state index is -3.43. The zero-order valence-corrected chi connectivity index (χ0v) is 16.6. The summed E-state index contributed by atoms with van der Waals surface area (Å²) >= 11 is 0. The van der Waals surface area contributed by atoms with Crippen molar-refractivity contribution in [3.63, 3.8) is 0 Å². The largest absolute Gasteiger partial charge is 0.493 e. The van der Waals surface area contributed by atoms with Gasteiger partial charge < -0.3 is 14.8 Å². The highest BCUT2D eigenvalue weighted by Gasteiger charge is 2.17. The SMILES string of the molecule is CCOc1ccc(C(=O)NC(C)c2ccccc2NS(C)(=O)=O)cc1OC. The van der Waals surface area contributed by atoms with Gasteiger partial charge in [-0.1, -0.05) is 18.2 Å². The van der Waals surface area contributed by atoms with Gasteiger partial charge in [-0.25, -0.2) is 8.42 Å². The topological polar surface area (TPSA) is 93.7 Å². The summed E-state index contributed by atoms with van der Waals surface area (Å²) in [6.07, 6.45) is 1.08. The Labute approximate surface area is 159 Å². The second kappa shape index (κ2) is 8.77. The number of amides is 1. The van der Waals surface area contributed by atoms with Crippen LogP contribution in [0.4, 0.5) is 5.69 Å². The Morgan fingerprint density at radius 3 is 2.48 bits per heavy atom. The first-order valence-electron chi connectivity index (χ1n) is 8.43. The van der Waals surface area contributed by atoms with Gasteiger partial charge in [-0.2, -0.15) is 0 Å². The average Bonchev–Trinajstić information content (AvgIpc) is 2.61. The van der Waals surface area contributed by atoms with Gasteiger partial charge in [-0.3, -0.25) is 9.52 Å². The first-order chi connectivity index (χ1) is 12.7. The second-order valence-electron chi connectivity index (χ2n) is 5.96. The van der Waals surface area contributed by atoms with Crippen molar-refractivity contribution >= 4 is 21.6 Å². The molecule has 0 aliphatic heterocycles. The Morgan fingerprint density at radius 2 is 1.85 bits per heavy atom. The molecular formula is C19H24N2O5S. The van der Waals surface area contributed by atoms with Crippen LogP contribution in [0.5, 0.6) is 11.5 Å². The molecule has 27 heavy (non-hydrogen) atoms.